The van der Waals surface area contributed by atoms with Crippen LogP contribution >= 0.6 is 0 Å². The summed E-state index contributed by atoms with van der Waals surface area (Å²) in [5, 5.41) is 10.4. The number of rotatable bonds is 2. The second-order valence-corrected chi connectivity index (χ2v) is 1.49. The second kappa shape index (κ2) is 3.95. The lowest BCUT2D eigenvalue weighted by atomic mass is 10.4. The Hall–Kier alpha value is -0.990. The molecular formula is C6H9O3-. The molecule has 3 nitrogen and oxygen atoms in total. The van der Waals surface area contributed by atoms with Gasteiger partial charge in [-0.25, -0.2) is 4.79 Å². The van der Waals surface area contributed by atoms with Gasteiger partial charge >= 0.3 is 5.97 Å². The number of carbonyl (C=O) groups excluding carboxylic acids is 1. The highest BCUT2D eigenvalue weighted by atomic mass is 16.5. The summed E-state index contributed by atoms with van der Waals surface area (Å²) in [6.07, 6.45) is 1.29. The molecule has 0 spiro atoms. The average molecular weight is 129 g/mol. The first-order valence-corrected chi connectivity index (χ1v) is 2.66. The molecule has 0 aromatic carbocycles. The highest BCUT2D eigenvalue weighted by Crippen LogP contribution is 1.89. The monoisotopic (exact) mass is 129 g/mol. The lowest BCUT2D eigenvalue weighted by molar-refractivity contribution is -0.306. The van der Waals surface area contributed by atoms with Crippen LogP contribution in [0.2, 0.25) is 0 Å². The molecule has 3 heteroatoms. The van der Waals surface area contributed by atoms with Crippen molar-refractivity contribution in [3.8, 4) is 0 Å². The molecule has 0 amide bonds. The Morgan fingerprint density at radius 3 is 2.67 bits per heavy atom. The van der Waals surface area contributed by atoms with Crippen LogP contribution in [0, 0.1) is 0 Å². The third kappa shape index (κ3) is 3.58. The summed E-state index contributed by atoms with van der Waals surface area (Å²) in [6.45, 7) is 1.68. The maximum Gasteiger partial charge on any atom is 0.329 e. The summed E-state index contributed by atoms with van der Waals surface area (Å²) in [5.74, 6) is -0.788. The molecule has 0 rings (SSSR count). The minimum Gasteiger partial charge on any atom is -0.875 e. The van der Waals surface area contributed by atoms with E-state index in [1.807, 2.05) is 0 Å². The third-order valence-corrected chi connectivity index (χ3v) is 0.828. The molecule has 0 radical (unpaired) electrons. The summed E-state index contributed by atoms with van der Waals surface area (Å²) in [5.41, 5.74) is 0. The van der Waals surface area contributed by atoms with Gasteiger partial charge in [-0.05, 0) is 6.42 Å². The lowest BCUT2D eigenvalue weighted by Crippen LogP contribution is -2.06. The maximum absolute atomic E-state index is 10.4. The largest absolute Gasteiger partial charge is 0.875 e. The number of esters is 1. The van der Waals surface area contributed by atoms with Crippen molar-refractivity contribution in [1.29, 1.82) is 0 Å². The molecule has 0 aliphatic carbocycles. The zero-order valence-electron chi connectivity index (χ0n) is 5.51. The molecular weight excluding hydrogens is 120 g/mol. The van der Waals surface area contributed by atoms with Gasteiger partial charge in [-0.3, -0.25) is 0 Å². The molecule has 0 aromatic rings. The number of hydrogen-bond acceptors (Lipinski definition) is 3. The zero-order chi connectivity index (χ0) is 7.28. The van der Waals surface area contributed by atoms with Crippen molar-refractivity contribution in [3.05, 3.63) is 11.8 Å². The van der Waals surface area contributed by atoms with Gasteiger partial charge in [0.1, 0.15) is 0 Å². The molecule has 0 saturated carbocycles. The lowest BCUT2D eigenvalue weighted by Gasteiger charge is -2.05. The number of carbonyl (C=O) groups is 1. The van der Waals surface area contributed by atoms with Crippen molar-refractivity contribution >= 4 is 5.97 Å². The molecule has 0 aliphatic heterocycles. The van der Waals surface area contributed by atoms with Crippen LogP contribution in [0.1, 0.15) is 13.3 Å². The molecule has 0 aromatic heterocycles. The average Bonchev–Trinajstić information content (AvgIpc) is 1.87. The summed E-state index contributed by atoms with van der Waals surface area (Å²) in [6, 6.07) is 0. The fourth-order valence-corrected chi connectivity index (χ4v) is 0.292. The normalized spacial score (nSPS) is 11.1. The molecule has 0 saturated heterocycles. The highest BCUT2D eigenvalue weighted by Gasteiger charge is 1.88. The predicted molar refractivity (Wildman–Crippen MR) is 30.4 cm³/mol. The van der Waals surface area contributed by atoms with Crippen molar-refractivity contribution in [3.63, 3.8) is 0 Å². The van der Waals surface area contributed by atoms with Crippen LogP contribution in [-0.4, -0.2) is 13.1 Å². The number of hydrogen-bond donors (Lipinski definition) is 0. The van der Waals surface area contributed by atoms with E-state index in [0.29, 0.717) is 6.42 Å². The fourth-order valence-electron chi connectivity index (χ4n) is 0.292. The van der Waals surface area contributed by atoms with Crippen molar-refractivity contribution < 1.29 is 14.6 Å². The molecule has 0 heterocycles. The third-order valence-electron chi connectivity index (χ3n) is 0.828. The first kappa shape index (κ1) is 8.01. The first-order valence-electron chi connectivity index (χ1n) is 2.66. The topological polar surface area (TPSA) is 49.4 Å². The van der Waals surface area contributed by atoms with Crippen LogP contribution in [0.5, 0.6) is 0 Å². The first-order chi connectivity index (χ1) is 4.20. The maximum atomic E-state index is 10.4. The van der Waals surface area contributed by atoms with Gasteiger partial charge in [0.2, 0.25) is 0 Å². The number of ether oxygens (including phenoxy) is 1. The Morgan fingerprint density at radius 2 is 2.33 bits per heavy atom. The summed E-state index contributed by atoms with van der Waals surface area (Å²) in [7, 11) is 1.24. The Labute approximate surface area is 53.9 Å². The fraction of sp³-hybridized carbons (Fsp3) is 0.500. The highest BCUT2D eigenvalue weighted by molar-refractivity contribution is 5.82. The van der Waals surface area contributed by atoms with Crippen molar-refractivity contribution in [1.82, 2.24) is 0 Å². The van der Waals surface area contributed by atoms with Gasteiger partial charge in [0.05, 0.1) is 7.11 Å². The Balaban J connectivity index is 3.79. The molecule has 0 N–H and O–H groups in total. The van der Waals surface area contributed by atoms with E-state index in [-0.39, 0.29) is 5.76 Å². The van der Waals surface area contributed by atoms with Gasteiger partial charge in [-0.15, -0.1) is 5.76 Å². The summed E-state index contributed by atoms with van der Waals surface area (Å²) >= 11 is 0. The molecule has 0 aliphatic rings. The van der Waals surface area contributed by atoms with E-state index in [2.05, 4.69) is 4.74 Å². The van der Waals surface area contributed by atoms with Crippen LogP contribution in [-0.2, 0) is 9.53 Å². The van der Waals surface area contributed by atoms with Crippen LogP contribution in [0.3, 0.4) is 0 Å². The predicted octanol–water partition coefficient (Wildman–Crippen LogP) is -0.186. The van der Waals surface area contributed by atoms with Gasteiger partial charge < -0.3 is 9.84 Å². The zero-order valence-corrected chi connectivity index (χ0v) is 5.51. The van der Waals surface area contributed by atoms with E-state index >= 15 is 0 Å². The van der Waals surface area contributed by atoms with Gasteiger partial charge in [-0.1, -0.05) is 6.92 Å². The van der Waals surface area contributed by atoms with Crippen molar-refractivity contribution in [2.75, 3.05) is 7.11 Å². The minimum absolute atomic E-state index is 0.207. The summed E-state index contributed by atoms with van der Waals surface area (Å²) < 4.78 is 4.21. The standard InChI is InChI=1S/C6H10O3/c1-3-5(7)4-6(8)9-2/h4,7H,3H2,1-2H3/p-1/b5-4-. The Bertz CT molecular complexity index is 126. The van der Waals surface area contributed by atoms with E-state index in [1.165, 1.54) is 7.11 Å². The van der Waals surface area contributed by atoms with Gasteiger partial charge in [-0.2, -0.15) is 0 Å². The van der Waals surface area contributed by atoms with E-state index in [1.54, 1.807) is 6.92 Å². The molecule has 0 fully saturated rings. The Morgan fingerprint density at radius 1 is 1.78 bits per heavy atom. The molecule has 0 unspecified atom stereocenters. The molecule has 0 atom stereocenters. The SMILES string of the molecule is CC/C([O-])=C/C(=O)OC. The van der Waals surface area contributed by atoms with Gasteiger partial charge in [0.15, 0.2) is 0 Å². The molecule has 9 heavy (non-hydrogen) atoms. The van der Waals surface area contributed by atoms with E-state index in [4.69, 9.17) is 0 Å². The molecule has 0 bridgehead atoms. The van der Waals surface area contributed by atoms with E-state index in [0.717, 1.165) is 6.08 Å². The van der Waals surface area contributed by atoms with Crippen molar-refractivity contribution in [2.45, 2.75) is 13.3 Å². The Kier molecular flexibility index (Phi) is 3.51. The number of methoxy groups -OCH3 is 1. The quantitative estimate of drug-likeness (QED) is 0.295. The van der Waals surface area contributed by atoms with Crippen LogP contribution in [0.4, 0.5) is 0 Å². The van der Waals surface area contributed by atoms with Gasteiger partial charge in [0.25, 0.3) is 0 Å². The van der Waals surface area contributed by atoms with Crippen LogP contribution < -0.4 is 5.11 Å². The summed E-state index contributed by atoms with van der Waals surface area (Å²) in [4.78, 5) is 10.3. The molecule has 52 valence electrons. The van der Waals surface area contributed by atoms with E-state index in [9.17, 15) is 9.90 Å². The van der Waals surface area contributed by atoms with E-state index < -0.39 is 5.97 Å². The van der Waals surface area contributed by atoms with Crippen LogP contribution in [0.15, 0.2) is 11.8 Å². The van der Waals surface area contributed by atoms with Crippen LogP contribution in [0.25, 0.3) is 0 Å². The van der Waals surface area contributed by atoms with Gasteiger partial charge in [0, 0.05) is 6.08 Å². The van der Waals surface area contributed by atoms with Crippen molar-refractivity contribution in [2.24, 2.45) is 0 Å². The number of allylic oxidation sites excluding steroid dienone is 1. The smallest absolute Gasteiger partial charge is 0.329 e. The minimum atomic E-state index is -0.582. The second-order valence-electron chi connectivity index (χ2n) is 1.49.